The van der Waals surface area contributed by atoms with Crippen molar-refractivity contribution in [1.82, 2.24) is 0 Å². The summed E-state index contributed by atoms with van der Waals surface area (Å²) >= 11 is 0. The number of carbonyl (C=O) groups is 1. The molecule has 1 aromatic carbocycles. The maximum atomic E-state index is 13.1. The third-order valence-electron chi connectivity index (χ3n) is 3.31. The number of hydrogen-bond donors (Lipinski definition) is 1. The Bertz CT molecular complexity index is 444. The molecule has 4 nitrogen and oxygen atoms in total. The highest BCUT2D eigenvalue weighted by Crippen LogP contribution is 2.25. The van der Waals surface area contributed by atoms with Gasteiger partial charge >= 0.3 is 5.97 Å². The van der Waals surface area contributed by atoms with Gasteiger partial charge in [-0.2, -0.15) is 0 Å². The van der Waals surface area contributed by atoms with Gasteiger partial charge in [-0.05, 0) is 31.0 Å². The number of nitrogens with zero attached hydrogens (tertiary/aromatic N) is 1. The molecule has 2 rings (SSSR count). The molecule has 0 aliphatic carbocycles. The second-order valence-electron chi connectivity index (χ2n) is 4.42. The van der Waals surface area contributed by atoms with E-state index in [1.54, 1.807) is 0 Å². The van der Waals surface area contributed by atoms with Crippen LogP contribution in [0.5, 0.6) is 0 Å². The lowest BCUT2D eigenvalue weighted by molar-refractivity contribution is 0.0696. The molecule has 0 amide bonds. The van der Waals surface area contributed by atoms with Crippen molar-refractivity contribution >= 4 is 11.7 Å². The molecule has 18 heavy (non-hydrogen) atoms. The highest BCUT2D eigenvalue weighted by molar-refractivity contribution is 5.94. The van der Waals surface area contributed by atoms with Gasteiger partial charge < -0.3 is 14.7 Å². The molecule has 1 aliphatic heterocycles. The van der Waals surface area contributed by atoms with E-state index in [1.807, 2.05) is 11.9 Å². The third kappa shape index (κ3) is 2.61. The van der Waals surface area contributed by atoms with Crippen molar-refractivity contribution < 1.29 is 19.0 Å². The van der Waals surface area contributed by atoms with Crippen molar-refractivity contribution in [2.45, 2.75) is 18.9 Å². The fourth-order valence-electron chi connectivity index (χ4n) is 2.26. The Balaban J connectivity index is 2.28. The molecule has 1 aromatic rings. The number of halogens is 1. The van der Waals surface area contributed by atoms with Crippen molar-refractivity contribution in [1.29, 1.82) is 0 Å². The standard InChI is InChI=1S/C13H16FNO3/c1-15(10-4-6-18-7-5-10)12-3-2-9(14)8-11(12)13(16)17/h2-3,8,10H,4-7H2,1H3,(H,16,17). The van der Waals surface area contributed by atoms with Crippen LogP contribution in [0.4, 0.5) is 10.1 Å². The Hall–Kier alpha value is -1.62. The van der Waals surface area contributed by atoms with Crippen molar-refractivity contribution in [3.05, 3.63) is 29.6 Å². The summed E-state index contributed by atoms with van der Waals surface area (Å²) in [4.78, 5) is 13.1. The van der Waals surface area contributed by atoms with Crippen LogP contribution in [0.3, 0.4) is 0 Å². The lowest BCUT2D eigenvalue weighted by Gasteiger charge is -2.33. The van der Waals surface area contributed by atoms with Crippen LogP contribution in [-0.4, -0.2) is 37.4 Å². The van der Waals surface area contributed by atoms with E-state index in [-0.39, 0.29) is 11.6 Å². The summed E-state index contributed by atoms with van der Waals surface area (Å²) in [6, 6.07) is 4.11. The van der Waals surface area contributed by atoms with Gasteiger partial charge in [-0.3, -0.25) is 0 Å². The van der Waals surface area contributed by atoms with Crippen LogP contribution in [0, 0.1) is 5.82 Å². The average molecular weight is 253 g/mol. The van der Waals surface area contributed by atoms with Crippen LogP contribution in [0.2, 0.25) is 0 Å². The molecule has 5 heteroatoms. The van der Waals surface area contributed by atoms with Crippen molar-refractivity contribution in [2.24, 2.45) is 0 Å². The molecular formula is C13H16FNO3. The SMILES string of the molecule is CN(c1ccc(F)cc1C(=O)O)C1CCOCC1. The van der Waals surface area contributed by atoms with E-state index in [0.717, 1.165) is 18.9 Å². The van der Waals surface area contributed by atoms with E-state index in [4.69, 9.17) is 9.84 Å². The first-order valence-corrected chi connectivity index (χ1v) is 5.93. The predicted octanol–water partition coefficient (Wildman–Crippen LogP) is 2.14. The highest BCUT2D eigenvalue weighted by Gasteiger charge is 2.22. The Morgan fingerprint density at radius 1 is 1.44 bits per heavy atom. The summed E-state index contributed by atoms with van der Waals surface area (Å²) < 4.78 is 18.4. The first-order valence-electron chi connectivity index (χ1n) is 5.93. The minimum atomic E-state index is -1.11. The largest absolute Gasteiger partial charge is 0.478 e. The first kappa shape index (κ1) is 12.8. The minimum absolute atomic E-state index is 0.00370. The van der Waals surface area contributed by atoms with E-state index in [9.17, 15) is 9.18 Å². The second kappa shape index (κ2) is 5.35. The van der Waals surface area contributed by atoms with E-state index in [0.29, 0.717) is 18.9 Å². The van der Waals surface area contributed by atoms with Gasteiger partial charge in [0.2, 0.25) is 0 Å². The summed E-state index contributed by atoms with van der Waals surface area (Å²) in [6.45, 7) is 1.36. The van der Waals surface area contributed by atoms with E-state index < -0.39 is 11.8 Å². The van der Waals surface area contributed by atoms with Crippen LogP contribution >= 0.6 is 0 Å². The number of carboxylic acids is 1. The zero-order chi connectivity index (χ0) is 13.1. The number of ether oxygens (including phenoxy) is 1. The van der Waals surface area contributed by atoms with Crippen molar-refractivity contribution in [3.8, 4) is 0 Å². The Morgan fingerprint density at radius 2 is 2.11 bits per heavy atom. The lowest BCUT2D eigenvalue weighted by Crippen LogP contribution is -2.37. The Labute approximate surface area is 105 Å². The molecule has 0 saturated carbocycles. The van der Waals surface area contributed by atoms with Crippen molar-refractivity contribution in [2.75, 3.05) is 25.2 Å². The molecular weight excluding hydrogens is 237 g/mol. The quantitative estimate of drug-likeness (QED) is 0.896. The monoisotopic (exact) mass is 253 g/mol. The maximum absolute atomic E-state index is 13.1. The van der Waals surface area contributed by atoms with Gasteiger partial charge in [0, 0.05) is 26.3 Å². The Morgan fingerprint density at radius 3 is 2.72 bits per heavy atom. The smallest absolute Gasteiger partial charge is 0.337 e. The summed E-state index contributed by atoms with van der Waals surface area (Å²) in [5.41, 5.74) is 0.555. The van der Waals surface area contributed by atoms with Gasteiger partial charge in [0.15, 0.2) is 0 Å². The topological polar surface area (TPSA) is 49.8 Å². The van der Waals surface area contributed by atoms with Gasteiger partial charge in [-0.15, -0.1) is 0 Å². The summed E-state index contributed by atoms with van der Waals surface area (Å²) in [6.07, 6.45) is 1.71. The number of benzene rings is 1. The summed E-state index contributed by atoms with van der Waals surface area (Å²) in [7, 11) is 1.84. The number of hydrogen-bond acceptors (Lipinski definition) is 3. The molecule has 98 valence electrons. The van der Waals surface area contributed by atoms with Crippen LogP contribution in [-0.2, 0) is 4.74 Å². The molecule has 0 radical (unpaired) electrons. The van der Waals surface area contributed by atoms with Crippen molar-refractivity contribution in [3.63, 3.8) is 0 Å². The second-order valence-corrected chi connectivity index (χ2v) is 4.42. The van der Waals surface area contributed by atoms with Gasteiger partial charge in [0.1, 0.15) is 5.82 Å². The molecule has 1 fully saturated rings. The molecule has 0 bridgehead atoms. The molecule has 1 saturated heterocycles. The normalized spacial score (nSPS) is 16.6. The van der Waals surface area contributed by atoms with Gasteiger partial charge in [-0.1, -0.05) is 0 Å². The van der Waals surface area contributed by atoms with Gasteiger partial charge in [0.25, 0.3) is 0 Å². The maximum Gasteiger partial charge on any atom is 0.337 e. The molecule has 1 heterocycles. The minimum Gasteiger partial charge on any atom is -0.478 e. The van der Waals surface area contributed by atoms with Gasteiger partial charge in [0.05, 0.1) is 11.3 Å². The predicted molar refractivity (Wildman–Crippen MR) is 65.6 cm³/mol. The third-order valence-corrected chi connectivity index (χ3v) is 3.31. The zero-order valence-corrected chi connectivity index (χ0v) is 10.2. The lowest BCUT2D eigenvalue weighted by atomic mass is 10.0. The fraction of sp³-hybridized carbons (Fsp3) is 0.462. The number of carboxylic acid groups (broad SMARTS) is 1. The molecule has 1 aliphatic rings. The number of anilines is 1. The van der Waals surface area contributed by atoms with E-state index in [1.165, 1.54) is 12.1 Å². The van der Waals surface area contributed by atoms with Crippen LogP contribution in [0.15, 0.2) is 18.2 Å². The summed E-state index contributed by atoms with van der Waals surface area (Å²) in [5, 5.41) is 9.12. The van der Waals surface area contributed by atoms with E-state index in [2.05, 4.69) is 0 Å². The summed E-state index contributed by atoms with van der Waals surface area (Å²) in [5.74, 6) is -1.64. The van der Waals surface area contributed by atoms with E-state index >= 15 is 0 Å². The highest BCUT2D eigenvalue weighted by atomic mass is 19.1. The first-order chi connectivity index (χ1) is 8.59. The zero-order valence-electron chi connectivity index (χ0n) is 10.2. The van der Waals surface area contributed by atoms with Crippen LogP contribution in [0.25, 0.3) is 0 Å². The molecule has 0 atom stereocenters. The Kier molecular flexibility index (Phi) is 3.81. The molecule has 1 N–H and O–H groups in total. The molecule has 0 unspecified atom stereocenters. The van der Waals surface area contributed by atoms with Gasteiger partial charge in [-0.25, -0.2) is 9.18 Å². The number of rotatable bonds is 3. The fourth-order valence-corrected chi connectivity index (χ4v) is 2.26. The molecule has 0 spiro atoms. The average Bonchev–Trinajstić information content (AvgIpc) is 2.39. The van der Waals surface area contributed by atoms with Crippen LogP contribution in [0.1, 0.15) is 23.2 Å². The number of aromatic carboxylic acids is 1. The molecule has 0 aromatic heterocycles. The van der Waals surface area contributed by atoms with Crippen LogP contribution < -0.4 is 4.90 Å².